The SMILES string of the molecule is CCn1c(SCC(=O)N[C@H](C)C2CC2)nc2cc3ccccc3cc2c1=O. The average Bonchev–Trinajstić information content (AvgIpc) is 3.50. The zero-order valence-corrected chi connectivity index (χ0v) is 16.4. The maximum absolute atomic E-state index is 13.0. The van der Waals surface area contributed by atoms with Gasteiger partial charge in [0, 0.05) is 12.6 Å². The van der Waals surface area contributed by atoms with Crippen LogP contribution in [0.5, 0.6) is 0 Å². The maximum Gasteiger partial charge on any atom is 0.262 e. The number of benzene rings is 2. The van der Waals surface area contributed by atoms with Crippen LogP contribution >= 0.6 is 11.8 Å². The molecule has 0 unspecified atom stereocenters. The molecule has 1 saturated carbocycles. The number of nitrogens with one attached hydrogen (secondary N) is 1. The lowest BCUT2D eigenvalue weighted by Gasteiger charge is -2.14. The highest BCUT2D eigenvalue weighted by Gasteiger charge is 2.28. The van der Waals surface area contributed by atoms with Gasteiger partial charge in [0.25, 0.3) is 5.56 Å². The van der Waals surface area contributed by atoms with E-state index in [0.717, 1.165) is 10.8 Å². The molecule has 27 heavy (non-hydrogen) atoms. The molecule has 3 aromatic rings. The van der Waals surface area contributed by atoms with Gasteiger partial charge in [0.05, 0.1) is 16.7 Å². The Kier molecular flexibility index (Phi) is 4.91. The fourth-order valence-corrected chi connectivity index (χ4v) is 4.29. The molecule has 1 aliphatic carbocycles. The summed E-state index contributed by atoms with van der Waals surface area (Å²) in [5.74, 6) is 0.887. The van der Waals surface area contributed by atoms with Crippen LogP contribution < -0.4 is 10.9 Å². The zero-order chi connectivity index (χ0) is 19.0. The highest BCUT2D eigenvalue weighted by Crippen LogP contribution is 2.32. The Morgan fingerprint density at radius 3 is 2.67 bits per heavy atom. The molecule has 0 saturated heterocycles. The van der Waals surface area contributed by atoms with Crippen LogP contribution in [0.2, 0.25) is 0 Å². The Morgan fingerprint density at radius 2 is 2.00 bits per heavy atom. The number of thioether (sulfide) groups is 1. The summed E-state index contributed by atoms with van der Waals surface area (Å²) in [5, 5.41) is 6.35. The third kappa shape index (κ3) is 3.72. The van der Waals surface area contributed by atoms with E-state index in [4.69, 9.17) is 4.98 Å². The van der Waals surface area contributed by atoms with Crippen molar-refractivity contribution in [2.45, 2.75) is 44.4 Å². The molecule has 4 rings (SSSR count). The normalized spacial score (nSPS) is 15.2. The lowest BCUT2D eigenvalue weighted by Crippen LogP contribution is -2.35. The summed E-state index contributed by atoms with van der Waals surface area (Å²) in [6.45, 7) is 4.51. The Balaban J connectivity index is 1.63. The van der Waals surface area contributed by atoms with E-state index in [2.05, 4.69) is 12.2 Å². The summed E-state index contributed by atoms with van der Waals surface area (Å²) >= 11 is 1.33. The summed E-state index contributed by atoms with van der Waals surface area (Å²) < 4.78 is 1.65. The standard InChI is InChI=1S/C21H23N3O2S/c1-3-24-20(26)17-10-15-6-4-5-7-16(15)11-18(17)23-21(24)27-12-19(25)22-13(2)14-8-9-14/h4-7,10-11,13-14H,3,8-9,12H2,1-2H3,(H,22,25)/t13-/m1/s1. The highest BCUT2D eigenvalue weighted by molar-refractivity contribution is 7.99. The summed E-state index contributed by atoms with van der Waals surface area (Å²) in [6, 6.07) is 12.0. The number of rotatable bonds is 6. The van der Waals surface area contributed by atoms with E-state index in [1.165, 1.54) is 24.6 Å². The van der Waals surface area contributed by atoms with Crippen molar-refractivity contribution in [3.05, 3.63) is 46.8 Å². The van der Waals surface area contributed by atoms with Crippen molar-refractivity contribution in [3.8, 4) is 0 Å². The minimum Gasteiger partial charge on any atom is -0.353 e. The first-order valence-corrected chi connectivity index (χ1v) is 10.4. The van der Waals surface area contributed by atoms with Crippen LogP contribution in [0, 0.1) is 5.92 Å². The molecule has 5 nitrogen and oxygen atoms in total. The molecule has 6 heteroatoms. The third-order valence-electron chi connectivity index (χ3n) is 5.15. The third-order valence-corrected chi connectivity index (χ3v) is 6.13. The van der Waals surface area contributed by atoms with Gasteiger partial charge >= 0.3 is 0 Å². The lowest BCUT2D eigenvalue weighted by molar-refractivity contribution is -0.119. The molecule has 0 bridgehead atoms. The number of carbonyl (C=O) groups is 1. The molecule has 1 atom stereocenters. The number of hydrogen-bond acceptors (Lipinski definition) is 4. The number of fused-ring (bicyclic) bond motifs is 2. The molecule has 1 aromatic heterocycles. The molecule has 0 radical (unpaired) electrons. The molecule has 0 spiro atoms. The fourth-order valence-electron chi connectivity index (χ4n) is 3.42. The van der Waals surface area contributed by atoms with Crippen molar-refractivity contribution in [1.82, 2.24) is 14.9 Å². The Hall–Kier alpha value is -2.34. The van der Waals surface area contributed by atoms with E-state index < -0.39 is 0 Å². The van der Waals surface area contributed by atoms with E-state index in [1.807, 2.05) is 43.3 Å². The molecule has 1 heterocycles. The van der Waals surface area contributed by atoms with E-state index in [-0.39, 0.29) is 23.3 Å². The molecule has 1 N–H and O–H groups in total. The van der Waals surface area contributed by atoms with Gasteiger partial charge in [-0.3, -0.25) is 14.2 Å². The van der Waals surface area contributed by atoms with Crippen LogP contribution in [0.1, 0.15) is 26.7 Å². The minimum atomic E-state index is -0.0532. The molecule has 2 aromatic carbocycles. The second kappa shape index (κ2) is 7.35. The predicted octanol–water partition coefficient (Wildman–Crippen LogP) is 3.58. The summed E-state index contributed by atoms with van der Waals surface area (Å²) in [5.41, 5.74) is 0.625. The molecule has 0 aliphatic heterocycles. The second-order valence-electron chi connectivity index (χ2n) is 7.14. The highest BCUT2D eigenvalue weighted by atomic mass is 32.2. The Bertz CT molecular complexity index is 1070. The summed E-state index contributed by atoms with van der Waals surface area (Å²) in [7, 11) is 0. The van der Waals surface area contributed by atoms with Crippen LogP contribution in [0.25, 0.3) is 21.7 Å². The van der Waals surface area contributed by atoms with Crippen molar-refractivity contribution in [2.24, 2.45) is 5.92 Å². The zero-order valence-electron chi connectivity index (χ0n) is 15.6. The lowest BCUT2D eigenvalue weighted by atomic mass is 10.1. The number of nitrogens with zero attached hydrogens (tertiary/aromatic N) is 2. The van der Waals surface area contributed by atoms with Crippen LogP contribution in [0.15, 0.2) is 46.3 Å². The Labute approximate surface area is 162 Å². The predicted molar refractivity (Wildman–Crippen MR) is 110 cm³/mol. The average molecular weight is 382 g/mol. The van der Waals surface area contributed by atoms with Crippen LogP contribution in [0.4, 0.5) is 0 Å². The van der Waals surface area contributed by atoms with Gasteiger partial charge in [-0.05, 0) is 55.5 Å². The maximum atomic E-state index is 13.0. The van der Waals surface area contributed by atoms with E-state index >= 15 is 0 Å². The number of hydrogen-bond donors (Lipinski definition) is 1. The van der Waals surface area contributed by atoms with E-state index in [0.29, 0.717) is 28.5 Å². The first-order valence-electron chi connectivity index (χ1n) is 9.42. The molecular formula is C21H23N3O2S. The quantitative estimate of drug-likeness (QED) is 0.403. The topological polar surface area (TPSA) is 64.0 Å². The largest absolute Gasteiger partial charge is 0.353 e. The van der Waals surface area contributed by atoms with Gasteiger partial charge in [0.15, 0.2) is 5.16 Å². The fraction of sp³-hybridized carbons (Fsp3) is 0.381. The number of amides is 1. The molecular weight excluding hydrogens is 358 g/mol. The smallest absolute Gasteiger partial charge is 0.262 e. The first-order chi connectivity index (χ1) is 13.1. The van der Waals surface area contributed by atoms with Crippen molar-refractivity contribution < 1.29 is 4.79 Å². The molecule has 1 aliphatic rings. The van der Waals surface area contributed by atoms with Crippen molar-refractivity contribution >= 4 is 39.3 Å². The molecule has 1 amide bonds. The summed E-state index contributed by atoms with van der Waals surface area (Å²) in [4.78, 5) is 29.9. The van der Waals surface area contributed by atoms with E-state index in [9.17, 15) is 9.59 Å². The monoisotopic (exact) mass is 381 g/mol. The molecule has 1 fully saturated rings. The van der Waals surface area contributed by atoms with Gasteiger partial charge in [0.1, 0.15) is 0 Å². The summed E-state index contributed by atoms with van der Waals surface area (Å²) in [6.07, 6.45) is 2.40. The van der Waals surface area contributed by atoms with Crippen LogP contribution in [-0.4, -0.2) is 27.3 Å². The minimum absolute atomic E-state index is 0.00471. The van der Waals surface area contributed by atoms with Gasteiger partial charge in [-0.15, -0.1) is 0 Å². The first kappa shape index (κ1) is 18.0. The molecule has 140 valence electrons. The van der Waals surface area contributed by atoms with E-state index in [1.54, 1.807) is 4.57 Å². The number of carbonyl (C=O) groups excluding carboxylic acids is 1. The van der Waals surface area contributed by atoms with Gasteiger partial charge in [-0.2, -0.15) is 0 Å². The van der Waals surface area contributed by atoms with Gasteiger partial charge in [-0.25, -0.2) is 4.98 Å². The van der Waals surface area contributed by atoms with Crippen LogP contribution in [0.3, 0.4) is 0 Å². The second-order valence-corrected chi connectivity index (χ2v) is 8.09. The van der Waals surface area contributed by atoms with Crippen molar-refractivity contribution in [1.29, 1.82) is 0 Å². The van der Waals surface area contributed by atoms with Gasteiger partial charge in [0.2, 0.25) is 5.91 Å². The van der Waals surface area contributed by atoms with Crippen molar-refractivity contribution in [2.75, 3.05) is 5.75 Å². The van der Waals surface area contributed by atoms with Crippen molar-refractivity contribution in [3.63, 3.8) is 0 Å². The number of aromatic nitrogens is 2. The van der Waals surface area contributed by atoms with Gasteiger partial charge < -0.3 is 5.32 Å². The van der Waals surface area contributed by atoms with Crippen LogP contribution in [-0.2, 0) is 11.3 Å². The Morgan fingerprint density at radius 1 is 1.30 bits per heavy atom. The van der Waals surface area contributed by atoms with Gasteiger partial charge in [-0.1, -0.05) is 36.0 Å².